The van der Waals surface area contributed by atoms with Crippen LogP contribution in [0, 0.1) is 0 Å². The molecule has 4 N–H and O–H groups in total. The molecule has 3 heterocycles. The topological polar surface area (TPSA) is 105 Å². The molecule has 0 aliphatic rings. The summed E-state index contributed by atoms with van der Waals surface area (Å²) in [4.78, 5) is 33.9. The van der Waals surface area contributed by atoms with Gasteiger partial charge in [-0.3, -0.25) is 14.6 Å². The molecule has 21 heavy (non-hydrogen) atoms. The van der Waals surface area contributed by atoms with Gasteiger partial charge in [-0.05, 0) is 37.5 Å². The summed E-state index contributed by atoms with van der Waals surface area (Å²) in [6, 6.07) is 5.63. The van der Waals surface area contributed by atoms with E-state index in [0.717, 1.165) is 36.1 Å². The summed E-state index contributed by atoms with van der Waals surface area (Å²) < 4.78 is 0. The Morgan fingerprint density at radius 3 is 2.90 bits per heavy atom. The van der Waals surface area contributed by atoms with Gasteiger partial charge < -0.3 is 10.7 Å². The van der Waals surface area contributed by atoms with Crippen molar-refractivity contribution in [3.05, 3.63) is 44.0 Å². The zero-order chi connectivity index (χ0) is 14.8. The van der Waals surface area contributed by atoms with E-state index in [4.69, 9.17) is 5.73 Å². The highest BCUT2D eigenvalue weighted by atomic mass is 32.1. The van der Waals surface area contributed by atoms with Crippen molar-refractivity contribution in [1.29, 1.82) is 0 Å². The van der Waals surface area contributed by atoms with Crippen molar-refractivity contribution in [2.45, 2.75) is 19.3 Å². The van der Waals surface area contributed by atoms with Crippen LogP contribution in [-0.4, -0.2) is 21.2 Å². The van der Waals surface area contributed by atoms with Crippen molar-refractivity contribution < 1.29 is 4.79 Å². The molecule has 6 nitrogen and oxygen atoms in total. The highest BCUT2D eigenvalue weighted by Gasteiger charge is 2.07. The number of nitrogen functional groups attached to an aromatic ring is 1. The van der Waals surface area contributed by atoms with Crippen LogP contribution in [0.4, 0.5) is 5.95 Å². The third-order valence-electron chi connectivity index (χ3n) is 3.24. The van der Waals surface area contributed by atoms with Gasteiger partial charge in [0.15, 0.2) is 6.29 Å². The van der Waals surface area contributed by atoms with Crippen LogP contribution in [0.15, 0.2) is 23.0 Å². The predicted octanol–water partition coefficient (Wildman–Crippen LogP) is 1.88. The lowest BCUT2D eigenvalue weighted by Gasteiger charge is -1.96. The van der Waals surface area contributed by atoms with Crippen molar-refractivity contribution in [3.63, 3.8) is 0 Å². The van der Waals surface area contributed by atoms with Gasteiger partial charge in [-0.2, -0.15) is 4.98 Å². The molecule has 3 aromatic rings. The maximum atomic E-state index is 11.7. The van der Waals surface area contributed by atoms with E-state index in [1.807, 2.05) is 18.2 Å². The van der Waals surface area contributed by atoms with E-state index in [-0.39, 0.29) is 11.5 Å². The molecule has 0 radical (unpaired) electrons. The van der Waals surface area contributed by atoms with Crippen LogP contribution in [0.25, 0.3) is 11.0 Å². The number of nitrogens with two attached hydrogens (primary N) is 1. The summed E-state index contributed by atoms with van der Waals surface area (Å²) in [5, 5.41) is 0.526. The minimum atomic E-state index is -0.228. The largest absolute Gasteiger partial charge is 0.369 e. The zero-order valence-electron chi connectivity index (χ0n) is 11.2. The number of carbonyl (C=O) groups is 1. The molecule has 0 aromatic carbocycles. The number of nitrogens with one attached hydrogen (secondary N) is 2. The van der Waals surface area contributed by atoms with E-state index < -0.39 is 0 Å². The summed E-state index contributed by atoms with van der Waals surface area (Å²) in [6.07, 6.45) is 3.51. The standard InChI is InChI=1S/C14H14N4O2S/c15-14-17-12-11(13(20)18-14)6-8(16-12)2-1-3-9-4-5-10(7-19)21-9/h4-7H,1-3H2,(H4,15,16,17,18,20). The van der Waals surface area contributed by atoms with Gasteiger partial charge in [-0.25, -0.2) is 0 Å². The summed E-state index contributed by atoms with van der Waals surface area (Å²) >= 11 is 1.52. The predicted molar refractivity (Wildman–Crippen MR) is 82.9 cm³/mol. The van der Waals surface area contributed by atoms with E-state index in [0.29, 0.717) is 11.0 Å². The summed E-state index contributed by atoms with van der Waals surface area (Å²) in [7, 11) is 0. The van der Waals surface area contributed by atoms with Crippen molar-refractivity contribution in [2.24, 2.45) is 0 Å². The number of aryl methyl sites for hydroxylation is 2. The Balaban J connectivity index is 1.69. The molecule has 3 rings (SSSR count). The van der Waals surface area contributed by atoms with Crippen molar-refractivity contribution >= 4 is 34.6 Å². The second-order valence-electron chi connectivity index (χ2n) is 4.78. The van der Waals surface area contributed by atoms with Crippen LogP contribution in [-0.2, 0) is 12.8 Å². The van der Waals surface area contributed by atoms with E-state index >= 15 is 0 Å². The SMILES string of the molecule is Nc1nc2[nH]c(CCCc3ccc(C=O)s3)cc2c(=O)[nH]1. The summed E-state index contributed by atoms with van der Waals surface area (Å²) in [5.41, 5.74) is 6.76. The average molecular weight is 302 g/mol. The molecule has 0 saturated carbocycles. The smallest absolute Gasteiger partial charge is 0.261 e. The van der Waals surface area contributed by atoms with Crippen LogP contribution >= 0.6 is 11.3 Å². The molecule has 7 heteroatoms. The van der Waals surface area contributed by atoms with E-state index in [9.17, 15) is 9.59 Å². The highest BCUT2D eigenvalue weighted by molar-refractivity contribution is 7.13. The zero-order valence-corrected chi connectivity index (χ0v) is 12.0. The molecular weight excluding hydrogens is 288 g/mol. The lowest BCUT2D eigenvalue weighted by molar-refractivity contribution is 0.112. The first-order valence-corrected chi connectivity index (χ1v) is 7.38. The maximum absolute atomic E-state index is 11.7. The van der Waals surface area contributed by atoms with Gasteiger partial charge in [0.25, 0.3) is 5.56 Å². The Kier molecular flexibility index (Phi) is 3.57. The minimum absolute atomic E-state index is 0.112. The number of anilines is 1. The number of nitrogens with zero attached hydrogens (tertiary/aromatic N) is 1. The van der Waals surface area contributed by atoms with E-state index in [1.54, 1.807) is 0 Å². The first-order chi connectivity index (χ1) is 10.2. The van der Waals surface area contributed by atoms with Crippen LogP contribution in [0.1, 0.15) is 26.7 Å². The first kappa shape index (κ1) is 13.6. The molecule has 0 saturated heterocycles. The summed E-state index contributed by atoms with van der Waals surface area (Å²) in [6.45, 7) is 0. The number of thiophene rings is 1. The van der Waals surface area contributed by atoms with Gasteiger partial charge in [0.2, 0.25) is 5.95 Å². The second kappa shape index (κ2) is 5.53. The Morgan fingerprint density at radius 1 is 1.29 bits per heavy atom. The van der Waals surface area contributed by atoms with Crippen molar-refractivity contribution in [1.82, 2.24) is 15.0 Å². The fraction of sp³-hybridized carbons (Fsp3) is 0.214. The van der Waals surface area contributed by atoms with Gasteiger partial charge in [0.1, 0.15) is 5.65 Å². The third-order valence-corrected chi connectivity index (χ3v) is 4.31. The number of carbonyl (C=O) groups excluding carboxylic acids is 1. The highest BCUT2D eigenvalue weighted by Crippen LogP contribution is 2.18. The van der Waals surface area contributed by atoms with Crippen LogP contribution in [0.2, 0.25) is 0 Å². The van der Waals surface area contributed by atoms with Gasteiger partial charge in [0, 0.05) is 10.6 Å². The Labute approximate surface area is 124 Å². The molecule has 0 bridgehead atoms. The molecular formula is C14H14N4O2S. The molecule has 0 fully saturated rings. The lowest BCUT2D eigenvalue weighted by atomic mass is 10.2. The van der Waals surface area contributed by atoms with E-state index in [1.165, 1.54) is 16.2 Å². The quantitative estimate of drug-likeness (QED) is 0.626. The van der Waals surface area contributed by atoms with Gasteiger partial charge in [-0.15, -0.1) is 11.3 Å². The fourth-order valence-corrected chi connectivity index (χ4v) is 3.14. The molecule has 0 unspecified atom stereocenters. The first-order valence-electron chi connectivity index (χ1n) is 6.57. The Bertz CT molecular complexity index is 846. The van der Waals surface area contributed by atoms with Gasteiger partial charge in [-0.1, -0.05) is 0 Å². The second-order valence-corrected chi connectivity index (χ2v) is 5.98. The van der Waals surface area contributed by atoms with E-state index in [2.05, 4.69) is 15.0 Å². The van der Waals surface area contributed by atoms with Gasteiger partial charge in [0.05, 0.1) is 10.3 Å². The van der Waals surface area contributed by atoms with Crippen LogP contribution < -0.4 is 11.3 Å². The number of H-pyrrole nitrogens is 2. The van der Waals surface area contributed by atoms with Crippen molar-refractivity contribution in [3.8, 4) is 0 Å². The van der Waals surface area contributed by atoms with Crippen LogP contribution in [0.3, 0.4) is 0 Å². The minimum Gasteiger partial charge on any atom is -0.369 e. The monoisotopic (exact) mass is 302 g/mol. The number of rotatable bonds is 5. The summed E-state index contributed by atoms with van der Waals surface area (Å²) in [5.74, 6) is 0.112. The lowest BCUT2D eigenvalue weighted by Crippen LogP contribution is -2.09. The molecule has 0 atom stereocenters. The number of fused-ring (bicyclic) bond motifs is 1. The number of hydrogen-bond donors (Lipinski definition) is 3. The van der Waals surface area contributed by atoms with Crippen LogP contribution in [0.5, 0.6) is 0 Å². The molecule has 0 aliphatic heterocycles. The maximum Gasteiger partial charge on any atom is 0.261 e. The number of aromatic nitrogens is 3. The van der Waals surface area contributed by atoms with Crippen molar-refractivity contribution in [2.75, 3.05) is 5.73 Å². The molecule has 0 aliphatic carbocycles. The molecule has 3 aromatic heterocycles. The molecule has 108 valence electrons. The number of aldehydes is 1. The Hall–Kier alpha value is -2.41. The molecule has 0 amide bonds. The fourth-order valence-electron chi connectivity index (χ4n) is 2.27. The molecule has 0 spiro atoms. The normalized spacial score (nSPS) is 11.0. The third kappa shape index (κ3) is 2.87. The Morgan fingerprint density at radius 2 is 2.14 bits per heavy atom. The number of hydrogen-bond acceptors (Lipinski definition) is 5. The average Bonchev–Trinajstić information content (AvgIpc) is 3.05. The van der Waals surface area contributed by atoms with Gasteiger partial charge >= 0.3 is 0 Å². The number of aromatic amines is 2.